The van der Waals surface area contributed by atoms with E-state index < -0.39 is 0 Å². The number of hydrogen-bond acceptors (Lipinski definition) is 6. The smallest absolute Gasteiger partial charge is 0.226 e. The lowest BCUT2D eigenvalue weighted by atomic mass is 10.3. The average molecular weight is 301 g/mol. The summed E-state index contributed by atoms with van der Waals surface area (Å²) in [4.78, 5) is 14.0. The fourth-order valence-corrected chi connectivity index (χ4v) is 2.77. The number of nitrogens with one attached hydrogen (secondary N) is 1. The Balaban J connectivity index is 1.94. The summed E-state index contributed by atoms with van der Waals surface area (Å²) in [5.74, 6) is 1.60. The predicted molar refractivity (Wildman–Crippen MR) is 89.3 cm³/mol. The fourth-order valence-electron chi connectivity index (χ4n) is 2.77. The molecule has 0 aliphatic carbocycles. The van der Waals surface area contributed by atoms with Gasteiger partial charge in [0.1, 0.15) is 5.82 Å². The van der Waals surface area contributed by atoms with E-state index in [2.05, 4.69) is 38.7 Å². The van der Waals surface area contributed by atoms with Crippen molar-refractivity contribution in [3.05, 3.63) is 18.9 Å². The summed E-state index contributed by atoms with van der Waals surface area (Å²) in [6.45, 7) is 11.8. The van der Waals surface area contributed by atoms with Gasteiger partial charge in [-0.3, -0.25) is 4.68 Å². The first-order valence-corrected chi connectivity index (χ1v) is 7.74. The largest absolute Gasteiger partial charge is 0.353 e. The van der Waals surface area contributed by atoms with E-state index in [0.29, 0.717) is 12.5 Å². The molecule has 0 spiro atoms. The average Bonchev–Trinajstić information content (AvgIpc) is 2.94. The van der Waals surface area contributed by atoms with Crippen LogP contribution in [-0.4, -0.2) is 63.9 Å². The van der Waals surface area contributed by atoms with Crippen molar-refractivity contribution in [3.8, 4) is 0 Å². The van der Waals surface area contributed by atoms with E-state index in [1.807, 2.05) is 13.2 Å². The predicted octanol–water partition coefficient (Wildman–Crippen LogP) is 1.10. The number of piperazine rings is 1. The van der Waals surface area contributed by atoms with Crippen molar-refractivity contribution >= 4 is 22.8 Å². The van der Waals surface area contributed by atoms with Crippen LogP contribution in [0.2, 0.25) is 0 Å². The maximum atomic E-state index is 4.71. The summed E-state index contributed by atoms with van der Waals surface area (Å²) >= 11 is 0. The molecule has 118 valence electrons. The molecule has 0 bridgehead atoms. The lowest BCUT2D eigenvalue weighted by Crippen LogP contribution is -2.46. The minimum atomic E-state index is 0.629. The van der Waals surface area contributed by atoms with Gasteiger partial charge in [0, 0.05) is 39.8 Å². The van der Waals surface area contributed by atoms with Gasteiger partial charge < -0.3 is 15.1 Å². The van der Waals surface area contributed by atoms with E-state index in [1.165, 1.54) is 0 Å². The molecule has 0 aromatic carbocycles. The second-order valence-electron chi connectivity index (χ2n) is 5.47. The summed E-state index contributed by atoms with van der Waals surface area (Å²) in [6.07, 6.45) is 3.66. The monoisotopic (exact) mass is 301 g/mol. The van der Waals surface area contributed by atoms with Crippen molar-refractivity contribution in [2.24, 2.45) is 7.05 Å². The van der Waals surface area contributed by atoms with Crippen molar-refractivity contribution in [2.75, 3.05) is 49.5 Å². The van der Waals surface area contributed by atoms with Crippen molar-refractivity contribution in [2.45, 2.75) is 6.92 Å². The molecular weight excluding hydrogens is 278 g/mol. The molecule has 1 fully saturated rings. The minimum Gasteiger partial charge on any atom is -0.353 e. The van der Waals surface area contributed by atoms with Crippen molar-refractivity contribution < 1.29 is 0 Å². The van der Waals surface area contributed by atoms with Crippen molar-refractivity contribution in [1.29, 1.82) is 0 Å². The van der Waals surface area contributed by atoms with Gasteiger partial charge in [0.2, 0.25) is 5.95 Å². The van der Waals surface area contributed by atoms with Crippen LogP contribution in [0.1, 0.15) is 6.92 Å². The molecule has 0 amide bonds. The number of rotatable bonds is 5. The number of hydrogen-bond donors (Lipinski definition) is 1. The molecule has 2 aromatic heterocycles. The number of likely N-dealkylation sites (N-methyl/N-ethyl adjacent to an activating group) is 1. The molecule has 1 aliphatic rings. The maximum absolute atomic E-state index is 4.71. The molecule has 1 N–H and O–H groups in total. The summed E-state index contributed by atoms with van der Waals surface area (Å²) in [7, 11) is 1.91. The quantitative estimate of drug-likeness (QED) is 0.835. The van der Waals surface area contributed by atoms with Crippen LogP contribution in [0.4, 0.5) is 11.8 Å². The topological polar surface area (TPSA) is 62.1 Å². The standard InChI is InChI=1S/C15H23N7/c1-4-6-16-15-18-13-12(11-17-20(13)3)14(19-15)22-9-7-21(5-2)8-10-22/h4,11H,1,5-10H2,2-3H3,(H,16,18,19). The van der Waals surface area contributed by atoms with Crippen LogP contribution in [0.3, 0.4) is 0 Å². The zero-order valence-corrected chi connectivity index (χ0v) is 13.3. The van der Waals surface area contributed by atoms with Gasteiger partial charge >= 0.3 is 0 Å². The van der Waals surface area contributed by atoms with Gasteiger partial charge in [0.05, 0.1) is 11.6 Å². The highest BCUT2D eigenvalue weighted by Gasteiger charge is 2.21. The normalized spacial score (nSPS) is 16.2. The Morgan fingerprint density at radius 3 is 2.73 bits per heavy atom. The summed E-state index contributed by atoms with van der Waals surface area (Å²) in [5, 5.41) is 8.53. The Morgan fingerprint density at radius 2 is 2.05 bits per heavy atom. The van der Waals surface area contributed by atoms with Crippen molar-refractivity contribution in [3.63, 3.8) is 0 Å². The first kappa shape index (κ1) is 14.8. The zero-order chi connectivity index (χ0) is 15.5. The molecule has 0 atom stereocenters. The Labute approximate surface area is 130 Å². The van der Waals surface area contributed by atoms with E-state index in [4.69, 9.17) is 4.98 Å². The van der Waals surface area contributed by atoms with Gasteiger partial charge in [-0.1, -0.05) is 13.0 Å². The molecule has 0 saturated carbocycles. The summed E-state index contributed by atoms with van der Waals surface area (Å²) < 4.78 is 1.79. The van der Waals surface area contributed by atoms with Gasteiger partial charge in [0.15, 0.2) is 5.65 Å². The number of aromatic nitrogens is 4. The molecule has 1 aliphatic heterocycles. The van der Waals surface area contributed by atoms with E-state index in [0.717, 1.165) is 49.6 Å². The molecule has 7 nitrogen and oxygen atoms in total. The van der Waals surface area contributed by atoms with Gasteiger partial charge in [0.25, 0.3) is 0 Å². The highest BCUT2D eigenvalue weighted by molar-refractivity contribution is 5.88. The van der Waals surface area contributed by atoms with Gasteiger partial charge in [-0.25, -0.2) is 0 Å². The van der Waals surface area contributed by atoms with Gasteiger partial charge in [-0.2, -0.15) is 15.1 Å². The van der Waals surface area contributed by atoms with Gasteiger partial charge in [-0.15, -0.1) is 6.58 Å². The number of fused-ring (bicyclic) bond motifs is 1. The van der Waals surface area contributed by atoms with Crippen LogP contribution in [0, 0.1) is 0 Å². The van der Waals surface area contributed by atoms with E-state index >= 15 is 0 Å². The molecule has 3 heterocycles. The number of anilines is 2. The molecule has 7 heteroatoms. The summed E-state index contributed by atoms with van der Waals surface area (Å²) in [5.41, 5.74) is 0.856. The first-order chi connectivity index (χ1) is 10.7. The maximum Gasteiger partial charge on any atom is 0.226 e. The SMILES string of the molecule is C=CCNc1nc(N2CCN(CC)CC2)c2cnn(C)c2n1. The van der Waals surface area contributed by atoms with Crippen LogP contribution in [-0.2, 0) is 7.05 Å². The third-order valence-electron chi connectivity index (χ3n) is 4.10. The lowest BCUT2D eigenvalue weighted by Gasteiger charge is -2.35. The zero-order valence-electron chi connectivity index (χ0n) is 13.3. The van der Waals surface area contributed by atoms with E-state index in [9.17, 15) is 0 Å². The second-order valence-corrected chi connectivity index (χ2v) is 5.47. The molecule has 22 heavy (non-hydrogen) atoms. The molecule has 0 unspecified atom stereocenters. The van der Waals surface area contributed by atoms with E-state index in [1.54, 1.807) is 10.8 Å². The van der Waals surface area contributed by atoms with Crippen LogP contribution in [0.15, 0.2) is 18.9 Å². The van der Waals surface area contributed by atoms with Crippen LogP contribution in [0.5, 0.6) is 0 Å². The molecule has 2 aromatic rings. The van der Waals surface area contributed by atoms with Gasteiger partial charge in [-0.05, 0) is 6.54 Å². The molecule has 0 radical (unpaired) electrons. The third kappa shape index (κ3) is 2.76. The minimum absolute atomic E-state index is 0.629. The molecule has 1 saturated heterocycles. The number of nitrogens with zero attached hydrogens (tertiary/aromatic N) is 6. The Kier molecular flexibility index (Phi) is 4.24. The third-order valence-corrected chi connectivity index (χ3v) is 4.10. The summed E-state index contributed by atoms with van der Waals surface area (Å²) in [6, 6.07) is 0. The Bertz CT molecular complexity index is 655. The Morgan fingerprint density at radius 1 is 1.27 bits per heavy atom. The highest BCUT2D eigenvalue weighted by atomic mass is 15.3. The van der Waals surface area contributed by atoms with Crippen LogP contribution >= 0.6 is 0 Å². The Hall–Kier alpha value is -2.15. The van der Waals surface area contributed by atoms with E-state index in [-0.39, 0.29) is 0 Å². The number of aryl methyl sites for hydroxylation is 1. The lowest BCUT2D eigenvalue weighted by molar-refractivity contribution is 0.271. The molecular formula is C15H23N7. The highest BCUT2D eigenvalue weighted by Crippen LogP contribution is 2.25. The fraction of sp³-hybridized carbons (Fsp3) is 0.533. The van der Waals surface area contributed by atoms with Crippen LogP contribution in [0.25, 0.3) is 11.0 Å². The molecule has 3 rings (SSSR count). The first-order valence-electron chi connectivity index (χ1n) is 7.74. The second kappa shape index (κ2) is 6.31. The van der Waals surface area contributed by atoms with Crippen molar-refractivity contribution in [1.82, 2.24) is 24.6 Å². The van der Waals surface area contributed by atoms with Crippen LogP contribution < -0.4 is 10.2 Å².